The number of ether oxygens (including phenoxy) is 2. The predicted molar refractivity (Wildman–Crippen MR) is 107 cm³/mol. The topological polar surface area (TPSA) is 47.7 Å². The van der Waals surface area contributed by atoms with Crippen molar-refractivity contribution in [2.45, 2.75) is 25.4 Å². The molecule has 5 rings (SSSR count). The first kappa shape index (κ1) is 17.6. The quantitative estimate of drug-likeness (QED) is 0.613. The van der Waals surface area contributed by atoms with Crippen LogP contribution in [0.15, 0.2) is 53.1 Å². The molecular formula is C22H21ClN2O3. The third-order valence-electron chi connectivity index (χ3n) is 5.30. The Labute approximate surface area is 168 Å². The number of rotatable bonds is 4. The summed E-state index contributed by atoms with van der Waals surface area (Å²) in [5.41, 5.74) is 3.09. The lowest BCUT2D eigenvalue weighted by Gasteiger charge is -2.25. The first-order valence-corrected chi connectivity index (χ1v) is 9.98. The van der Waals surface area contributed by atoms with E-state index in [9.17, 15) is 0 Å². The van der Waals surface area contributed by atoms with E-state index in [2.05, 4.69) is 22.0 Å². The third-order valence-corrected chi connectivity index (χ3v) is 5.54. The molecule has 2 aliphatic heterocycles. The van der Waals surface area contributed by atoms with Gasteiger partial charge in [-0.1, -0.05) is 23.7 Å². The molecule has 0 spiro atoms. The van der Waals surface area contributed by atoms with Crippen molar-refractivity contribution in [3.8, 4) is 23.0 Å². The van der Waals surface area contributed by atoms with Crippen LogP contribution in [0.3, 0.4) is 0 Å². The van der Waals surface area contributed by atoms with Gasteiger partial charge in [0.2, 0.25) is 5.89 Å². The van der Waals surface area contributed by atoms with E-state index in [-0.39, 0.29) is 0 Å². The molecule has 6 heteroatoms. The SMILES string of the molecule is Clc1cccc(-c2nc(CN3CCC[C@@H]3c3ccc4c(c3)OCCO4)co2)c1. The van der Waals surface area contributed by atoms with Gasteiger partial charge < -0.3 is 13.9 Å². The lowest BCUT2D eigenvalue weighted by Crippen LogP contribution is -2.23. The molecule has 0 bridgehead atoms. The van der Waals surface area contributed by atoms with E-state index in [4.69, 9.17) is 25.5 Å². The lowest BCUT2D eigenvalue weighted by molar-refractivity contribution is 0.170. The van der Waals surface area contributed by atoms with E-state index in [1.165, 1.54) is 5.56 Å². The monoisotopic (exact) mass is 396 g/mol. The van der Waals surface area contributed by atoms with Crippen LogP contribution in [-0.4, -0.2) is 29.6 Å². The molecule has 3 aromatic rings. The van der Waals surface area contributed by atoms with Gasteiger partial charge in [-0.05, 0) is 55.3 Å². The lowest BCUT2D eigenvalue weighted by atomic mass is 10.0. The zero-order chi connectivity index (χ0) is 18.9. The minimum Gasteiger partial charge on any atom is -0.486 e. The first-order chi connectivity index (χ1) is 13.8. The number of benzene rings is 2. The van der Waals surface area contributed by atoms with Gasteiger partial charge in [0.25, 0.3) is 0 Å². The van der Waals surface area contributed by atoms with E-state index in [1.807, 2.05) is 30.3 Å². The molecule has 2 aliphatic rings. The molecule has 1 atom stereocenters. The van der Waals surface area contributed by atoms with E-state index in [0.29, 0.717) is 30.2 Å². The minimum atomic E-state index is 0.349. The number of hydrogen-bond acceptors (Lipinski definition) is 5. The van der Waals surface area contributed by atoms with Crippen molar-refractivity contribution in [1.82, 2.24) is 9.88 Å². The molecule has 1 fully saturated rings. The van der Waals surface area contributed by atoms with Crippen LogP contribution in [0, 0.1) is 0 Å². The number of oxazole rings is 1. The van der Waals surface area contributed by atoms with Crippen LogP contribution < -0.4 is 9.47 Å². The summed E-state index contributed by atoms with van der Waals surface area (Å²) >= 11 is 6.08. The van der Waals surface area contributed by atoms with Crippen molar-refractivity contribution in [2.75, 3.05) is 19.8 Å². The third kappa shape index (κ3) is 3.48. The second-order valence-corrected chi connectivity index (χ2v) is 7.62. The van der Waals surface area contributed by atoms with Crippen LogP contribution in [0.4, 0.5) is 0 Å². The smallest absolute Gasteiger partial charge is 0.226 e. The van der Waals surface area contributed by atoms with Crippen molar-refractivity contribution >= 4 is 11.6 Å². The number of likely N-dealkylation sites (tertiary alicyclic amines) is 1. The maximum atomic E-state index is 6.08. The minimum absolute atomic E-state index is 0.349. The van der Waals surface area contributed by atoms with Crippen LogP contribution in [-0.2, 0) is 6.54 Å². The van der Waals surface area contributed by atoms with Gasteiger partial charge in [-0.15, -0.1) is 0 Å². The Bertz CT molecular complexity index is 987. The van der Waals surface area contributed by atoms with E-state index < -0.39 is 0 Å². The summed E-state index contributed by atoms with van der Waals surface area (Å²) in [6.07, 6.45) is 4.03. The van der Waals surface area contributed by atoms with Gasteiger partial charge in [-0.2, -0.15) is 0 Å². The Balaban J connectivity index is 1.34. The highest BCUT2D eigenvalue weighted by atomic mass is 35.5. The number of nitrogens with zero attached hydrogens (tertiary/aromatic N) is 2. The van der Waals surface area contributed by atoms with Crippen LogP contribution in [0.2, 0.25) is 5.02 Å². The Morgan fingerprint density at radius 1 is 1.07 bits per heavy atom. The highest BCUT2D eigenvalue weighted by Gasteiger charge is 2.28. The standard InChI is InChI=1S/C22H21ClN2O3/c23-17-4-1-3-16(11-17)22-24-18(14-28-22)13-25-8-2-5-19(25)15-6-7-20-21(12-15)27-10-9-26-20/h1,3-4,6-7,11-12,14,19H,2,5,8-10,13H2/t19-/m1/s1. The summed E-state index contributed by atoms with van der Waals surface area (Å²) in [4.78, 5) is 7.12. The van der Waals surface area contributed by atoms with Crippen molar-refractivity contribution in [1.29, 1.82) is 0 Å². The van der Waals surface area contributed by atoms with E-state index in [1.54, 1.807) is 6.26 Å². The molecule has 0 radical (unpaired) electrons. The van der Waals surface area contributed by atoms with Gasteiger partial charge in [-0.25, -0.2) is 4.98 Å². The van der Waals surface area contributed by atoms with Crippen molar-refractivity contribution in [2.24, 2.45) is 0 Å². The average molecular weight is 397 g/mol. The molecule has 1 saturated heterocycles. The van der Waals surface area contributed by atoms with Gasteiger partial charge in [0, 0.05) is 23.2 Å². The summed E-state index contributed by atoms with van der Waals surface area (Å²) in [6.45, 7) is 3.01. The van der Waals surface area contributed by atoms with Gasteiger partial charge in [0.05, 0.1) is 5.69 Å². The van der Waals surface area contributed by atoms with Gasteiger partial charge >= 0.3 is 0 Å². The van der Waals surface area contributed by atoms with E-state index >= 15 is 0 Å². The Hall–Kier alpha value is -2.50. The van der Waals surface area contributed by atoms with Crippen LogP contribution in [0.5, 0.6) is 11.5 Å². The molecule has 2 aromatic carbocycles. The summed E-state index contributed by atoms with van der Waals surface area (Å²) in [7, 11) is 0. The largest absolute Gasteiger partial charge is 0.486 e. The van der Waals surface area contributed by atoms with Crippen LogP contribution in [0.25, 0.3) is 11.5 Å². The average Bonchev–Trinajstić information content (AvgIpc) is 3.38. The molecule has 0 aliphatic carbocycles. The fourth-order valence-electron chi connectivity index (χ4n) is 4.00. The van der Waals surface area contributed by atoms with Crippen LogP contribution in [0.1, 0.15) is 30.1 Å². The number of aromatic nitrogens is 1. The van der Waals surface area contributed by atoms with Gasteiger partial charge in [0.1, 0.15) is 19.5 Å². The molecule has 28 heavy (non-hydrogen) atoms. The molecule has 0 N–H and O–H groups in total. The first-order valence-electron chi connectivity index (χ1n) is 9.60. The number of hydrogen-bond donors (Lipinski definition) is 0. The second-order valence-electron chi connectivity index (χ2n) is 7.19. The van der Waals surface area contributed by atoms with Crippen molar-refractivity contribution in [3.05, 3.63) is 65.0 Å². The van der Waals surface area contributed by atoms with Gasteiger partial charge in [-0.3, -0.25) is 4.90 Å². The zero-order valence-electron chi connectivity index (χ0n) is 15.4. The molecule has 1 aromatic heterocycles. The Kier molecular flexibility index (Phi) is 4.71. The Morgan fingerprint density at radius 3 is 2.86 bits per heavy atom. The molecule has 0 unspecified atom stereocenters. The predicted octanol–water partition coefficient (Wildman–Crippen LogP) is 5.10. The van der Waals surface area contributed by atoms with Crippen molar-refractivity contribution < 1.29 is 13.9 Å². The van der Waals surface area contributed by atoms with E-state index in [0.717, 1.165) is 48.7 Å². The molecule has 5 nitrogen and oxygen atoms in total. The molecule has 0 amide bonds. The summed E-state index contributed by atoms with van der Waals surface area (Å²) < 4.78 is 17.1. The normalized spacial score (nSPS) is 19.1. The zero-order valence-corrected chi connectivity index (χ0v) is 16.2. The highest BCUT2D eigenvalue weighted by Crippen LogP contribution is 2.38. The maximum absolute atomic E-state index is 6.08. The number of halogens is 1. The summed E-state index contributed by atoms with van der Waals surface area (Å²) in [5.74, 6) is 2.29. The molecule has 3 heterocycles. The van der Waals surface area contributed by atoms with Crippen LogP contribution >= 0.6 is 11.6 Å². The Morgan fingerprint density at radius 2 is 1.96 bits per heavy atom. The fourth-order valence-corrected chi connectivity index (χ4v) is 4.19. The number of fused-ring (bicyclic) bond motifs is 1. The van der Waals surface area contributed by atoms with Gasteiger partial charge in [0.15, 0.2) is 11.5 Å². The maximum Gasteiger partial charge on any atom is 0.226 e. The molecule has 144 valence electrons. The second kappa shape index (κ2) is 7.49. The highest BCUT2D eigenvalue weighted by molar-refractivity contribution is 6.30. The summed E-state index contributed by atoms with van der Waals surface area (Å²) in [5, 5.41) is 0.676. The molecular weight excluding hydrogens is 376 g/mol. The summed E-state index contributed by atoms with van der Waals surface area (Å²) in [6, 6.07) is 14.2. The fraction of sp³-hybridized carbons (Fsp3) is 0.318. The molecule has 0 saturated carbocycles. The van der Waals surface area contributed by atoms with Crippen molar-refractivity contribution in [3.63, 3.8) is 0 Å².